The number of pyridine rings is 2. The molecule has 2 aromatic heterocycles. The van der Waals surface area contributed by atoms with Gasteiger partial charge in [-0.25, -0.2) is 0 Å². The minimum absolute atomic E-state index is 0.0158. The number of aliphatic hydroxyl groups excluding tert-OH is 1. The summed E-state index contributed by atoms with van der Waals surface area (Å²) < 4.78 is 1.67. The summed E-state index contributed by atoms with van der Waals surface area (Å²) in [6.07, 6.45) is 0.639. The van der Waals surface area contributed by atoms with E-state index in [9.17, 15) is 19.5 Å². The molecule has 0 aliphatic carbocycles. The molecule has 6 rings (SSSR count). The molecule has 2 amide bonds. The number of carbonyl (C=O) groups excluding carboxylic acids is 2. The van der Waals surface area contributed by atoms with Gasteiger partial charge in [-0.05, 0) is 54.6 Å². The van der Waals surface area contributed by atoms with E-state index in [-0.39, 0.29) is 24.6 Å². The lowest BCUT2D eigenvalue weighted by atomic mass is 10.0. The number of fused-ring (bicyclic) bond motifs is 1. The Kier molecular flexibility index (Phi) is 7.70. The number of nitrogens with one attached hydrogen (secondary N) is 1. The van der Waals surface area contributed by atoms with E-state index in [0.29, 0.717) is 40.4 Å². The van der Waals surface area contributed by atoms with Gasteiger partial charge in [0, 0.05) is 48.7 Å². The van der Waals surface area contributed by atoms with Gasteiger partial charge in [-0.3, -0.25) is 24.3 Å². The van der Waals surface area contributed by atoms with E-state index >= 15 is 0 Å². The fourth-order valence-corrected chi connectivity index (χ4v) is 5.63. The lowest BCUT2D eigenvalue weighted by molar-refractivity contribution is -0.119. The lowest BCUT2D eigenvalue weighted by Gasteiger charge is -2.29. The van der Waals surface area contributed by atoms with Gasteiger partial charge < -0.3 is 19.9 Å². The molecule has 1 aliphatic heterocycles. The molecule has 0 saturated heterocycles. The highest BCUT2D eigenvalue weighted by molar-refractivity contribution is 6.30. The highest BCUT2D eigenvalue weighted by Gasteiger charge is 2.27. The maximum Gasteiger partial charge on any atom is 0.257 e. The zero-order chi connectivity index (χ0) is 30.2. The van der Waals surface area contributed by atoms with Crippen molar-refractivity contribution in [3.05, 3.63) is 117 Å². The average molecular weight is 596 g/mol. The van der Waals surface area contributed by atoms with E-state index in [1.165, 1.54) is 6.20 Å². The number of aromatic nitrogens is 2. The van der Waals surface area contributed by atoms with Gasteiger partial charge >= 0.3 is 0 Å². The first-order valence-corrected chi connectivity index (χ1v) is 14.3. The van der Waals surface area contributed by atoms with Crippen molar-refractivity contribution in [3.8, 4) is 0 Å². The number of benzene rings is 3. The van der Waals surface area contributed by atoms with Crippen LogP contribution in [0.1, 0.15) is 33.3 Å². The zero-order valence-electron chi connectivity index (χ0n) is 23.8. The molecule has 0 bridgehead atoms. The highest BCUT2D eigenvalue weighted by atomic mass is 35.5. The lowest BCUT2D eigenvalue weighted by Crippen LogP contribution is -2.37. The van der Waals surface area contributed by atoms with Gasteiger partial charge in [0.2, 0.25) is 11.3 Å². The number of para-hydroxylation sites is 1. The topological polar surface area (TPSA) is 108 Å². The van der Waals surface area contributed by atoms with Crippen LogP contribution in [0.5, 0.6) is 0 Å². The fraction of sp³-hybridized carbons (Fsp3) is 0.212. The fourth-order valence-electron chi connectivity index (χ4n) is 5.51. The van der Waals surface area contributed by atoms with Gasteiger partial charge in [0.1, 0.15) is 18.2 Å². The van der Waals surface area contributed by atoms with E-state index in [1.54, 1.807) is 46.8 Å². The van der Waals surface area contributed by atoms with Crippen molar-refractivity contribution < 1.29 is 14.7 Å². The predicted octanol–water partition coefficient (Wildman–Crippen LogP) is 4.27. The van der Waals surface area contributed by atoms with Crippen molar-refractivity contribution in [2.45, 2.75) is 25.7 Å². The van der Waals surface area contributed by atoms with E-state index in [4.69, 9.17) is 11.6 Å². The van der Waals surface area contributed by atoms with Crippen molar-refractivity contribution in [2.24, 2.45) is 0 Å². The second kappa shape index (κ2) is 11.6. The van der Waals surface area contributed by atoms with Crippen LogP contribution in [-0.2, 0) is 24.4 Å². The van der Waals surface area contributed by atoms with Crippen LogP contribution in [0, 0.1) is 0 Å². The molecule has 0 spiro atoms. The summed E-state index contributed by atoms with van der Waals surface area (Å²) >= 11 is 5.96. The number of carbonyl (C=O) groups is 2. The molecule has 1 aliphatic rings. The predicted molar refractivity (Wildman–Crippen MR) is 167 cm³/mol. The molecule has 9 nitrogen and oxygen atoms in total. The van der Waals surface area contributed by atoms with Gasteiger partial charge in [0.25, 0.3) is 5.91 Å². The zero-order valence-corrected chi connectivity index (χ0v) is 24.5. The van der Waals surface area contributed by atoms with Gasteiger partial charge in [0.05, 0.1) is 22.4 Å². The molecular formula is C33H30ClN5O4. The maximum atomic E-state index is 13.7. The number of hydrogen-bond donors (Lipinski definition) is 2. The number of anilines is 1. The SMILES string of the molecule is CN(Cc1cc2c3c(c1)c(=O)c(C(=O)NCc1ccc(Cl)cc1)cn3CC(=O)N2C)C[C@@H](O)c1ccc2ccccc2n1. The number of amides is 2. The molecule has 0 unspecified atom stereocenters. The minimum Gasteiger partial charge on any atom is -0.385 e. The molecule has 3 aromatic carbocycles. The molecule has 0 fully saturated rings. The molecule has 0 radical (unpaired) electrons. The largest absolute Gasteiger partial charge is 0.385 e. The Bertz CT molecular complexity index is 1940. The summed E-state index contributed by atoms with van der Waals surface area (Å²) in [5, 5.41) is 15.7. The summed E-state index contributed by atoms with van der Waals surface area (Å²) in [5.74, 6) is -0.680. The first-order chi connectivity index (χ1) is 20.7. The Morgan fingerprint density at radius 2 is 1.84 bits per heavy atom. The molecule has 0 saturated carbocycles. The quantitative estimate of drug-likeness (QED) is 0.277. The third-order valence-corrected chi connectivity index (χ3v) is 8.01. The summed E-state index contributed by atoms with van der Waals surface area (Å²) in [4.78, 5) is 47.9. The van der Waals surface area contributed by atoms with Gasteiger partial charge in [0.15, 0.2) is 0 Å². The molecule has 218 valence electrons. The molecule has 43 heavy (non-hydrogen) atoms. The molecule has 10 heteroatoms. The van der Waals surface area contributed by atoms with Crippen molar-refractivity contribution in [2.75, 3.05) is 25.5 Å². The van der Waals surface area contributed by atoms with Crippen LogP contribution in [0.15, 0.2) is 83.8 Å². The van der Waals surface area contributed by atoms with Crippen LogP contribution in [0.3, 0.4) is 0 Å². The smallest absolute Gasteiger partial charge is 0.257 e. The van der Waals surface area contributed by atoms with Crippen molar-refractivity contribution in [1.29, 1.82) is 0 Å². The average Bonchev–Trinajstić information content (AvgIpc) is 3.00. The minimum atomic E-state index is -0.828. The van der Waals surface area contributed by atoms with E-state index in [0.717, 1.165) is 22.0 Å². The Labute approximate surface area is 252 Å². The number of rotatable bonds is 8. The first kappa shape index (κ1) is 28.5. The highest BCUT2D eigenvalue weighted by Crippen LogP contribution is 2.31. The monoisotopic (exact) mass is 595 g/mol. The van der Waals surface area contributed by atoms with Gasteiger partial charge in [-0.1, -0.05) is 48.0 Å². The molecule has 3 heterocycles. The molecular weight excluding hydrogens is 566 g/mol. The number of hydrogen-bond acceptors (Lipinski definition) is 6. The van der Waals surface area contributed by atoms with Crippen LogP contribution >= 0.6 is 11.6 Å². The Morgan fingerprint density at radius 1 is 1.07 bits per heavy atom. The number of nitrogens with zero attached hydrogens (tertiary/aromatic N) is 4. The Morgan fingerprint density at radius 3 is 2.63 bits per heavy atom. The second-order valence-electron chi connectivity index (χ2n) is 10.9. The number of likely N-dealkylation sites (N-methyl/N-ethyl adjacent to an activating group) is 2. The summed E-state index contributed by atoms with van der Waals surface area (Å²) in [7, 11) is 3.55. The van der Waals surface area contributed by atoms with E-state index in [1.807, 2.05) is 54.4 Å². The maximum absolute atomic E-state index is 13.7. The van der Waals surface area contributed by atoms with Gasteiger partial charge in [-0.2, -0.15) is 0 Å². The molecule has 2 N–H and O–H groups in total. The number of aliphatic hydroxyl groups is 1. The van der Waals surface area contributed by atoms with Crippen molar-refractivity contribution in [1.82, 2.24) is 19.8 Å². The van der Waals surface area contributed by atoms with Crippen LogP contribution < -0.4 is 15.6 Å². The standard InChI is InChI=1S/C33H30ClN5O4/c1-37(18-29(40)27-12-9-22-5-3-4-6-26(22)36-27)16-21-13-24-31-28(14-21)38(2)30(41)19-39(31)17-25(32(24)42)33(43)35-15-20-7-10-23(34)11-8-20/h3-14,17,29,40H,15-16,18-19H2,1-2H3,(H,35,43)/t29-/m1/s1. The van der Waals surface area contributed by atoms with Crippen LogP contribution in [0.4, 0.5) is 5.69 Å². The third-order valence-electron chi connectivity index (χ3n) is 7.76. The van der Waals surface area contributed by atoms with E-state index < -0.39 is 17.4 Å². The summed E-state index contributed by atoms with van der Waals surface area (Å²) in [6, 6.07) is 22.2. The second-order valence-corrected chi connectivity index (χ2v) is 11.4. The van der Waals surface area contributed by atoms with Crippen LogP contribution in [0.25, 0.3) is 21.8 Å². The Balaban J connectivity index is 1.28. The van der Waals surface area contributed by atoms with Crippen molar-refractivity contribution >= 4 is 50.9 Å². The summed E-state index contributed by atoms with van der Waals surface area (Å²) in [6.45, 7) is 0.925. The van der Waals surface area contributed by atoms with Gasteiger partial charge in [-0.15, -0.1) is 0 Å². The normalized spacial score (nSPS) is 13.6. The molecule has 1 atom stereocenters. The van der Waals surface area contributed by atoms with Crippen molar-refractivity contribution in [3.63, 3.8) is 0 Å². The van der Waals surface area contributed by atoms with Crippen LogP contribution in [0.2, 0.25) is 5.02 Å². The van der Waals surface area contributed by atoms with Crippen LogP contribution in [-0.4, -0.2) is 52.0 Å². The third kappa shape index (κ3) is 5.75. The first-order valence-electron chi connectivity index (χ1n) is 13.9. The van der Waals surface area contributed by atoms with E-state index in [2.05, 4.69) is 10.3 Å². The summed E-state index contributed by atoms with van der Waals surface area (Å²) in [5.41, 5.74) is 3.75. The Hall–Kier alpha value is -4.57. The number of halogens is 1. The molecule has 5 aromatic rings.